The average molecular weight is 184 g/mol. The minimum Gasteiger partial charge on any atom is -0.391 e. The van der Waals surface area contributed by atoms with Gasteiger partial charge in [-0.2, -0.15) is 0 Å². The normalized spacial score (nSPS) is 18.2. The molecule has 1 aliphatic heterocycles. The molecule has 3 nitrogen and oxygen atoms in total. The van der Waals surface area contributed by atoms with Crippen molar-refractivity contribution in [3.05, 3.63) is 12.1 Å². The van der Waals surface area contributed by atoms with Crippen LogP contribution in [0.3, 0.4) is 0 Å². The molecule has 4 heteroatoms. The Morgan fingerprint density at radius 3 is 2.67 bits per heavy atom. The third kappa shape index (κ3) is 1.54. The zero-order valence-corrected chi connectivity index (χ0v) is 7.64. The van der Waals surface area contributed by atoms with Crippen molar-refractivity contribution in [1.82, 2.24) is 0 Å². The number of rotatable bonds is 1. The number of hydrogen-bond donors (Lipinski definition) is 1. The topological polar surface area (TPSA) is 38.5 Å². The van der Waals surface area contributed by atoms with Crippen LogP contribution in [0, 0.1) is 0 Å². The summed E-state index contributed by atoms with van der Waals surface area (Å²) in [5.41, 5.74) is 5.65. The van der Waals surface area contributed by atoms with Crippen LogP contribution in [0.15, 0.2) is 12.1 Å². The van der Waals surface area contributed by atoms with E-state index < -0.39 is 0 Å². The fraction of sp³-hybridized carbons (Fsp3) is 0.500. The van der Waals surface area contributed by atoms with Crippen molar-refractivity contribution < 1.29 is 4.74 Å². The Hall–Kier alpha value is -0.740. The maximum Gasteiger partial charge on any atom is 0.0931 e. The summed E-state index contributed by atoms with van der Waals surface area (Å²) >= 11 is 1.64. The SMILES string of the molecule is Nc1ccc(N2CCOCC2)s1. The summed E-state index contributed by atoms with van der Waals surface area (Å²) in [6.45, 7) is 3.63. The molecule has 0 bridgehead atoms. The number of nitrogens with zero attached hydrogens (tertiary/aromatic N) is 1. The lowest BCUT2D eigenvalue weighted by Crippen LogP contribution is -2.35. The van der Waals surface area contributed by atoms with E-state index >= 15 is 0 Å². The third-order valence-electron chi connectivity index (χ3n) is 1.94. The van der Waals surface area contributed by atoms with Crippen LogP contribution in [0.1, 0.15) is 0 Å². The highest BCUT2D eigenvalue weighted by Crippen LogP contribution is 2.27. The molecule has 0 unspecified atom stereocenters. The van der Waals surface area contributed by atoms with Gasteiger partial charge in [0.25, 0.3) is 0 Å². The second kappa shape index (κ2) is 3.33. The molecular formula is C8H12N2OS. The number of nitrogen functional groups attached to an aromatic ring is 1. The highest BCUT2D eigenvalue weighted by atomic mass is 32.1. The van der Waals surface area contributed by atoms with Gasteiger partial charge in [0, 0.05) is 13.1 Å². The van der Waals surface area contributed by atoms with E-state index in [-0.39, 0.29) is 0 Å². The molecule has 0 atom stereocenters. The highest BCUT2D eigenvalue weighted by molar-refractivity contribution is 7.19. The maximum atomic E-state index is 5.65. The zero-order chi connectivity index (χ0) is 8.39. The quantitative estimate of drug-likeness (QED) is 0.712. The minimum atomic E-state index is 0.831. The molecule has 1 aliphatic rings. The van der Waals surface area contributed by atoms with Crippen LogP contribution in [0.2, 0.25) is 0 Å². The van der Waals surface area contributed by atoms with Crippen molar-refractivity contribution in [1.29, 1.82) is 0 Å². The smallest absolute Gasteiger partial charge is 0.0931 e. The van der Waals surface area contributed by atoms with Crippen molar-refractivity contribution in [2.24, 2.45) is 0 Å². The van der Waals surface area contributed by atoms with Crippen LogP contribution in [0.4, 0.5) is 10.0 Å². The molecule has 1 aromatic heterocycles. The number of morpholine rings is 1. The van der Waals surface area contributed by atoms with Crippen LogP contribution in [-0.4, -0.2) is 26.3 Å². The van der Waals surface area contributed by atoms with Gasteiger partial charge in [0.1, 0.15) is 0 Å². The molecule has 0 amide bonds. The van der Waals surface area contributed by atoms with Crippen molar-refractivity contribution >= 4 is 21.3 Å². The Labute approximate surface area is 75.7 Å². The Morgan fingerprint density at radius 2 is 2.08 bits per heavy atom. The first-order chi connectivity index (χ1) is 5.86. The summed E-state index contributed by atoms with van der Waals surface area (Å²) in [4.78, 5) is 2.31. The zero-order valence-electron chi connectivity index (χ0n) is 6.82. The predicted molar refractivity (Wildman–Crippen MR) is 51.8 cm³/mol. The molecule has 2 heterocycles. The predicted octanol–water partition coefficient (Wildman–Crippen LogP) is 1.17. The number of thiophene rings is 1. The second-order valence-electron chi connectivity index (χ2n) is 2.78. The molecule has 1 fully saturated rings. The van der Waals surface area contributed by atoms with Gasteiger partial charge < -0.3 is 15.4 Å². The van der Waals surface area contributed by atoms with Crippen molar-refractivity contribution in [2.75, 3.05) is 36.9 Å². The maximum absolute atomic E-state index is 5.65. The average Bonchev–Trinajstić information content (AvgIpc) is 2.54. The summed E-state index contributed by atoms with van der Waals surface area (Å²) in [6, 6.07) is 4.03. The van der Waals surface area contributed by atoms with Crippen molar-refractivity contribution in [3.8, 4) is 0 Å². The number of hydrogen-bond acceptors (Lipinski definition) is 4. The fourth-order valence-corrected chi connectivity index (χ4v) is 2.12. The van der Waals surface area contributed by atoms with Gasteiger partial charge in [0.2, 0.25) is 0 Å². The van der Waals surface area contributed by atoms with E-state index in [1.54, 1.807) is 11.3 Å². The molecular weight excluding hydrogens is 172 g/mol. The molecule has 1 aromatic rings. The van der Waals surface area contributed by atoms with Crippen molar-refractivity contribution in [3.63, 3.8) is 0 Å². The van der Waals surface area contributed by atoms with E-state index in [0.29, 0.717) is 0 Å². The second-order valence-corrected chi connectivity index (χ2v) is 3.87. The third-order valence-corrected chi connectivity index (χ3v) is 2.91. The van der Waals surface area contributed by atoms with Gasteiger partial charge >= 0.3 is 0 Å². The largest absolute Gasteiger partial charge is 0.391 e. The Morgan fingerprint density at radius 1 is 1.33 bits per heavy atom. The fourth-order valence-electron chi connectivity index (χ4n) is 1.30. The van der Waals surface area contributed by atoms with Crippen LogP contribution < -0.4 is 10.6 Å². The summed E-state index contributed by atoms with van der Waals surface area (Å²) in [5.74, 6) is 0. The Bertz CT molecular complexity index is 255. The van der Waals surface area contributed by atoms with E-state index in [9.17, 15) is 0 Å². The molecule has 1 saturated heterocycles. The standard InChI is InChI=1S/C8H12N2OS/c9-7-1-2-8(12-7)10-3-5-11-6-4-10/h1-2H,3-6,9H2. The molecule has 66 valence electrons. The van der Waals surface area contributed by atoms with Crippen LogP contribution >= 0.6 is 11.3 Å². The monoisotopic (exact) mass is 184 g/mol. The van der Waals surface area contributed by atoms with E-state index in [4.69, 9.17) is 10.5 Å². The molecule has 0 spiro atoms. The Kier molecular flexibility index (Phi) is 2.19. The lowest BCUT2D eigenvalue weighted by molar-refractivity contribution is 0.123. The lowest BCUT2D eigenvalue weighted by Gasteiger charge is -2.27. The lowest BCUT2D eigenvalue weighted by atomic mass is 10.4. The van der Waals surface area contributed by atoms with Gasteiger partial charge in [-0.1, -0.05) is 0 Å². The molecule has 0 aliphatic carbocycles. The first-order valence-electron chi connectivity index (χ1n) is 4.04. The minimum absolute atomic E-state index is 0.831. The first kappa shape index (κ1) is 7.89. The highest BCUT2D eigenvalue weighted by Gasteiger charge is 2.11. The molecule has 0 radical (unpaired) electrons. The van der Waals surface area contributed by atoms with Crippen LogP contribution in [0.25, 0.3) is 0 Å². The summed E-state index contributed by atoms with van der Waals surface area (Å²) in [6.07, 6.45) is 0. The summed E-state index contributed by atoms with van der Waals surface area (Å²) < 4.78 is 5.26. The van der Waals surface area contributed by atoms with Gasteiger partial charge in [-0.05, 0) is 12.1 Å². The molecule has 0 aromatic carbocycles. The molecule has 12 heavy (non-hydrogen) atoms. The van der Waals surface area contributed by atoms with Gasteiger partial charge in [-0.25, -0.2) is 0 Å². The number of anilines is 2. The van der Waals surface area contributed by atoms with Gasteiger partial charge in [0.05, 0.1) is 23.2 Å². The number of ether oxygens (including phenoxy) is 1. The Balaban J connectivity index is 2.08. The van der Waals surface area contributed by atoms with Crippen molar-refractivity contribution in [2.45, 2.75) is 0 Å². The van der Waals surface area contributed by atoms with Gasteiger partial charge in [0.15, 0.2) is 0 Å². The summed E-state index contributed by atoms with van der Waals surface area (Å²) in [7, 11) is 0. The van der Waals surface area contributed by atoms with Crippen LogP contribution in [0.5, 0.6) is 0 Å². The van der Waals surface area contributed by atoms with Gasteiger partial charge in [-0.15, -0.1) is 11.3 Å². The van der Waals surface area contributed by atoms with Crippen LogP contribution in [-0.2, 0) is 4.74 Å². The molecule has 2 rings (SSSR count). The van der Waals surface area contributed by atoms with Gasteiger partial charge in [-0.3, -0.25) is 0 Å². The van der Waals surface area contributed by atoms with E-state index in [1.807, 2.05) is 6.07 Å². The molecule has 0 saturated carbocycles. The van der Waals surface area contributed by atoms with E-state index in [1.165, 1.54) is 5.00 Å². The summed E-state index contributed by atoms with van der Waals surface area (Å²) in [5, 5.41) is 2.15. The van der Waals surface area contributed by atoms with E-state index in [2.05, 4.69) is 11.0 Å². The van der Waals surface area contributed by atoms with E-state index in [0.717, 1.165) is 31.3 Å². The first-order valence-corrected chi connectivity index (χ1v) is 4.86. The molecule has 2 N–H and O–H groups in total. The number of nitrogens with two attached hydrogens (primary N) is 1.